The summed E-state index contributed by atoms with van der Waals surface area (Å²) in [6.45, 7) is 12.8. The summed E-state index contributed by atoms with van der Waals surface area (Å²) in [7, 11) is 0. The van der Waals surface area contributed by atoms with Gasteiger partial charge in [-0.1, -0.05) is 26.0 Å². The molecular weight excluding hydrogens is 348 g/mol. The molecule has 1 atom stereocenters. The Kier molecular flexibility index (Phi) is 9.10. The third-order valence-corrected chi connectivity index (χ3v) is 6.25. The van der Waals surface area contributed by atoms with Crippen molar-refractivity contribution in [3.8, 4) is 0 Å². The highest BCUT2D eigenvalue weighted by Gasteiger charge is 2.25. The van der Waals surface area contributed by atoms with Gasteiger partial charge in [0, 0.05) is 38.5 Å². The average molecular weight is 389 g/mol. The molecule has 0 spiro atoms. The highest BCUT2D eigenvalue weighted by atomic mass is 16.3. The number of nitrogens with one attached hydrogen (secondary N) is 2. The normalized spacial score (nSPS) is 16.3. The molecule has 0 aliphatic carbocycles. The van der Waals surface area contributed by atoms with Crippen LogP contribution in [0.3, 0.4) is 0 Å². The molecule has 158 valence electrons. The molecule has 0 amide bonds. The summed E-state index contributed by atoms with van der Waals surface area (Å²) in [6.07, 6.45) is 5.44. The minimum atomic E-state index is 0.0794. The van der Waals surface area contributed by atoms with Crippen molar-refractivity contribution in [2.45, 2.75) is 65.8 Å². The summed E-state index contributed by atoms with van der Waals surface area (Å²) in [4.78, 5) is 7.36. The van der Waals surface area contributed by atoms with E-state index >= 15 is 0 Å². The Bertz CT molecular complexity index is 606. The average Bonchev–Trinajstić information content (AvgIpc) is 3.26. The van der Waals surface area contributed by atoms with Gasteiger partial charge < -0.3 is 20.6 Å². The van der Waals surface area contributed by atoms with Crippen molar-refractivity contribution >= 4 is 11.6 Å². The van der Waals surface area contributed by atoms with Crippen LogP contribution >= 0.6 is 0 Å². The van der Waals surface area contributed by atoms with Crippen molar-refractivity contribution in [3.05, 3.63) is 29.8 Å². The molecule has 5 nitrogen and oxygen atoms in total. The Morgan fingerprint density at radius 3 is 2.54 bits per heavy atom. The minimum Gasteiger partial charge on any atom is -0.396 e. The van der Waals surface area contributed by atoms with E-state index in [-0.39, 0.29) is 18.1 Å². The summed E-state index contributed by atoms with van der Waals surface area (Å²) in [5.41, 5.74) is 2.68. The van der Waals surface area contributed by atoms with E-state index < -0.39 is 0 Å². The highest BCUT2D eigenvalue weighted by molar-refractivity contribution is 5.80. The second-order valence-corrected chi connectivity index (χ2v) is 8.03. The molecule has 1 unspecified atom stereocenters. The predicted octanol–water partition coefficient (Wildman–Crippen LogP) is 4.09. The van der Waals surface area contributed by atoms with E-state index in [2.05, 4.69) is 67.5 Å². The lowest BCUT2D eigenvalue weighted by molar-refractivity contribution is 0.175. The molecule has 1 aromatic rings. The van der Waals surface area contributed by atoms with Crippen molar-refractivity contribution < 1.29 is 5.11 Å². The molecule has 28 heavy (non-hydrogen) atoms. The highest BCUT2D eigenvalue weighted by Crippen LogP contribution is 2.30. The summed E-state index contributed by atoms with van der Waals surface area (Å²) < 4.78 is 0. The van der Waals surface area contributed by atoms with Crippen LogP contribution in [0.4, 0.5) is 5.69 Å². The first-order valence-corrected chi connectivity index (χ1v) is 11.1. The monoisotopic (exact) mass is 388 g/mol. The molecule has 1 fully saturated rings. The van der Waals surface area contributed by atoms with Crippen molar-refractivity contribution in [2.24, 2.45) is 10.4 Å². The fourth-order valence-corrected chi connectivity index (χ4v) is 3.96. The van der Waals surface area contributed by atoms with Gasteiger partial charge in [-0.3, -0.25) is 4.99 Å². The largest absolute Gasteiger partial charge is 0.396 e. The van der Waals surface area contributed by atoms with Crippen LogP contribution in [0.2, 0.25) is 0 Å². The summed E-state index contributed by atoms with van der Waals surface area (Å²) in [5.74, 6) is 0.853. The first-order valence-electron chi connectivity index (χ1n) is 11.1. The van der Waals surface area contributed by atoms with E-state index in [4.69, 9.17) is 4.99 Å². The molecule has 1 aromatic carbocycles. The number of nitrogens with zero attached hydrogens (tertiary/aromatic N) is 2. The van der Waals surface area contributed by atoms with Crippen LogP contribution in [0.1, 0.15) is 71.4 Å². The van der Waals surface area contributed by atoms with Gasteiger partial charge in [-0.25, -0.2) is 0 Å². The molecule has 1 saturated heterocycles. The van der Waals surface area contributed by atoms with Gasteiger partial charge in [0.15, 0.2) is 5.96 Å². The van der Waals surface area contributed by atoms with E-state index in [0.717, 1.165) is 51.4 Å². The second kappa shape index (κ2) is 11.3. The molecule has 0 saturated carbocycles. The quantitative estimate of drug-likeness (QED) is 0.417. The van der Waals surface area contributed by atoms with E-state index in [9.17, 15) is 5.11 Å². The van der Waals surface area contributed by atoms with Gasteiger partial charge in [-0.15, -0.1) is 0 Å². The summed E-state index contributed by atoms with van der Waals surface area (Å²) in [5, 5.41) is 16.4. The van der Waals surface area contributed by atoms with Crippen LogP contribution < -0.4 is 15.5 Å². The maximum absolute atomic E-state index is 9.46. The van der Waals surface area contributed by atoms with Crippen LogP contribution in [0.5, 0.6) is 0 Å². The van der Waals surface area contributed by atoms with E-state index in [0.29, 0.717) is 0 Å². The number of hydrogen-bond donors (Lipinski definition) is 3. The Morgan fingerprint density at radius 2 is 1.93 bits per heavy atom. The van der Waals surface area contributed by atoms with Crippen LogP contribution in [0, 0.1) is 5.41 Å². The van der Waals surface area contributed by atoms with Crippen LogP contribution in [-0.4, -0.2) is 43.9 Å². The van der Waals surface area contributed by atoms with E-state index in [1.54, 1.807) is 0 Å². The zero-order chi connectivity index (χ0) is 20.4. The molecule has 0 radical (unpaired) electrons. The van der Waals surface area contributed by atoms with Gasteiger partial charge in [0.25, 0.3) is 0 Å². The predicted molar refractivity (Wildman–Crippen MR) is 120 cm³/mol. The van der Waals surface area contributed by atoms with Crippen molar-refractivity contribution in [1.82, 2.24) is 10.6 Å². The van der Waals surface area contributed by atoms with Gasteiger partial charge in [-0.2, -0.15) is 0 Å². The van der Waals surface area contributed by atoms with Gasteiger partial charge >= 0.3 is 0 Å². The summed E-state index contributed by atoms with van der Waals surface area (Å²) in [6, 6.07) is 9.05. The first kappa shape index (κ1) is 22.5. The molecule has 1 heterocycles. The maximum atomic E-state index is 9.46. The van der Waals surface area contributed by atoms with Gasteiger partial charge in [0.05, 0.1) is 6.04 Å². The second-order valence-electron chi connectivity index (χ2n) is 8.03. The van der Waals surface area contributed by atoms with Crippen LogP contribution in [0.25, 0.3) is 0 Å². The zero-order valence-corrected chi connectivity index (χ0v) is 18.3. The molecule has 1 aliphatic heterocycles. The fourth-order valence-electron chi connectivity index (χ4n) is 3.96. The SMILES string of the molecule is CCNC(=NCC(CC)(CC)CCO)NC(C)c1cccc(N2CCCC2)c1. The Hall–Kier alpha value is -1.75. The summed E-state index contributed by atoms with van der Waals surface area (Å²) >= 11 is 0. The number of benzene rings is 1. The number of anilines is 1. The third-order valence-electron chi connectivity index (χ3n) is 6.25. The Labute approximate surface area is 171 Å². The van der Waals surface area contributed by atoms with Crippen LogP contribution in [0.15, 0.2) is 29.3 Å². The smallest absolute Gasteiger partial charge is 0.191 e. The molecular formula is C23H40N4O. The Balaban J connectivity index is 2.09. The molecule has 2 rings (SSSR count). The molecule has 3 N–H and O–H groups in total. The number of aliphatic imine (C=N–C) groups is 1. The zero-order valence-electron chi connectivity index (χ0n) is 18.3. The third kappa shape index (κ3) is 6.13. The van der Waals surface area contributed by atoms with Crippen LogP contribution in [-0.2, 0) is 0 Å². The van der Waals surface area contributed by atoms with Crippen molar-refractivity contribution in [3.63, 3.8) is 0 Å². The number of guanidine groups is 1. The lowest BCUT2D eigenvalue weighted by Gasteiger charge is -2.30. The standard InChI is InChI=1S/C23H40N4O/c1-5-23(6-2,13-16-28)18-25-22(24-7-3)26-19(4)20-11-10-12-21(17-20)27-14-8-9-15-27/h10-12,17,19,28H,5-9,13-16,18H2,1-4H3,(H2,24,25,26). The minimum absolute atomic E-state index is 0.0794. The number of hydrogen-bond acceptors (Lipinski definition) is 3. The van der Waals surface area contributed by atoms with Crippen molar-refractivity contribution in [2.75, 3.05) is 37.7 Å². The lowest BCUT2D eigenvalue weighted by atomic mass is 9.79. The number of rotatable bonds is 10. The van der Waals surface area contributed by atoms with Gasteiger partial charge in [-0.05, 0) is 69.1 Å². The maximum Gasteiger partial charge on any atom is 0.191 e. The van der Waals surface area contributed by atoms with Gasteiger partial charge in [0.2, 0.25) is 0 Å². The first-order chi connectivity index (χ1) is 13.6. The number of aliphatic hydroxyl groups excluding tert-OH is 1. The van der Waals surface area contributed by atoms with Crippen molar-refractivity contribution in [1.29, 1.82) is 0 Å². The molecule has 5 heteroatoms. The fraction of sp³-hybridized carbons (Fsp3) is 0.696. The number of aliphatic hydroxyl groups is 1. The molecule has 0 aromatic heterocycles. The molecule has 1 aliphatic rings. The topological polar surface area (TPSA) is 59.9 Å². The molecule has 0 bridgehead atoms. The Morgan fingerprint density at radius 1 is 1.21 bits per heavy atom. The lowest BCUT2D eigenvalue weighted by Crippen LogP contribution is -2.40. The van der Waals surface area contributed by atoms with Gasteiger partial charge in [0.1, 0.15) is 0 Å². The van der Waals surface area contributed by atoms with E-state index in [1.165, 1.54) is 24.1 Å². The van der Waals surface area contributed by atoms with E-state index in [1.807, 2.05) is 0 Å².